The van der Waals surface area contributed by atoms with Crippen LogP contribution in [-0.2, 0) is 16.2 Å². The summed E-state index contributed by atoms with van der Waals surface area (Å²) in [5.74, 6) is 0.442. The molecule has 2 N–H and O–H groups in total. The van der Waals surface area contributed by atoms with Crippen LogP contribution in [0.5, 0.6) is 11.5 Å². The number of fused-ring (bicyclic) bond motifs is 1. The molecule has 4 aromatic rings. The topological polar surface area (TPSA) is 97.2 Å². The number of thioether (sulfide) groups is 1. The standard InChI is InChI=1S/C28H21N2O3S.C2H4O2.Na/c1-32-24-14-8-7-11-21(24)18-33-25-16-20-10-6-5-9-19(20)15-22(25)17-26-27(31)30-28(34-26)29-23-12-3-2-4-13-23;1-2(3)4;/h3-17H,18H2,1H3,(H,29,30,31);1H3,(H,3,4);/q-1;;+1/b26-17+;;. The van der Waals surface area contributed by atoms with Crippen molar-refractivity contribution in [1.82, 2.24) is 5.32 Å². The maximum Gasteiger partial charge on any atom is 1.00 e. The van der Waals surface area contributed by atoms with E-state index in [4.69, 9.17) is 19.4 Å². The van der Waals surface area contributed by atoms with Crippen LogP contribution in [0.1, 0.15) is 18.1 Å². The average Bonchev–Trinajstić information content (AvgIpc) is 3.25. The minimum Gasteiger partial charge on any atom is -0.496 e. The molecule has 0 saturated carbocycles. The Labute approximate surface area is 253 Å². The van der Waals surface area contributed by atoms with Gasteiger partial charge in [-0.2, -0.15) is 18.2 Å². The van der Waals surface area contributed by atoms with E-state index in [1.807, 2.05) is 78.9 Å². The van der Waals surface area contributed by atoms with Crippen LogP contribution in [0, 0.1) is 6.07 Å². The molecule has 0 atom stereocenters. The second-order valence-corrected chi connectivity index (χ2v) is 9.13. The summed E-state index contributed by atoms with van der Waals surface area (Å²) in [5.41, 5.74) is 2.52. The summed E-state index contributed by atoms with van der Waals surface area (Å²) < 4.78 is 11.7. The third kappa shape index (κ3) is 8.46. The molecule has 1 amide bonds. The van der Waals surface area contributed by atoms with Crippen LogP contribution in [0.15, 0.2) is 94.8 Å². The molecule has 192 valence electrons. The van der Waals surface area contributed by atoms with Crippen molar-refractivity contribution in [2.24, 2.45) is 4.99 Å². The van der Waals surface area contributed by atoms with Gasteiger partial charge in [0.1, 0.15) is 18.1 Å². The summed E-state index contributed by atoms with van der Waals surface area (Å²) in [4.78, 5) is 26.7. The van der Waals surface area contributed by atoms with Crippen LogP contribution < -0.4 is 44.3 Å². The number of hydrogen-bond donors (Lipinski definition) is 2. The number of carboxylic acids is 1. The second-order valence-electron chi connectivity index (χ2n) is 8.10. The molecule has 0 bridgehead atoms. The fraction of sp³-hybridized carbons (Fsp3) is 0.100. The maximum absolute atomic E-state index is 12.7. The molecule has 9 heteroatoms. The summed E-state index contributed by atoms with van der Waals surface area (Å²) in [7, 11) is 1.65. The fourth-order valence-corrected chi connectivity index (χ4v) is 4.48. The third-order valence-corrected chi connectivity index (χ3v) is 6.23. The molecule has 0 spiro atoms. The number of carbonyl (C=O) groups is 2. The Balaban J connectivity index is 0.000000788. The Morgan fingerprint density at radius 1 is 1.03 bits per heavy atom. The number of amidine groups is 1. The number of ether oxygens (including phenoxy) is 2. The second kappa shape index (κ2) is 14.6. The summed E-state index contributed by atoms with van der Waals surface area (Å²) >= 11 is 1.31. The van der Waals surface area contributed by atoms with Crippen molar-refractivity contribution in [3.05, 3.63) is 107 Å². The number of carbonyl (C=O) groups excluding carboxylic acids is 1. The van der Waals surface area contributed by atoms with Crippen molar-refractivity contribution in [1.29, 1.82) is 0 Å². The molecule has 5 rings (SSSR count). The number of para-hydroxylation sites is 1. The quantitative estimate of drug-likeness (QED) is 0.218. The molecule has 39 heavy (non-hydrogen) atoms. The molecule has 1 heterocycles. The van der Waals surface area contributed by atoms with E-state index >= 15 is 0 Å². The summed E-state index contributed by atoms with van der Waals surface area (Å²) in [6, 6.07) is 30.1. The number of nitrogens with one attached hydrogen (secondary N) is 1. The van der Waals surface area contributed by atoms with Gasteiger partial charge in [0.2, 0.25) is 0 Å². The van der Waals surface area contributed by atoms with Crippen molar-refractivity contribution >= 4 is 51.3 Å². The summed E-state index contributed by atoms with van der Waals surface area (Å²) in [5, 5.41) is 12.9. The molecule has 1 saturated heterocycles. The summed E-state index contributed by atoms with van der Waals surface area (Å²) in [6.07, 6.45) is 1.85. The van der Waals surface area contributed by atoms with Crippen molar-refractivity contribution < 1.29 is 53.7 Å². The molecular weight excluding hydrogens is 523 g/mol. The van der Waals surface area contributed by atoms with E-state index in [0.29, 0.717) is 22.4 Å². The first kappa shape index (κ1) is 30.0. The van der Waals surface area contributed by atoms with Crippen LogP contribution in [0.4, 0.5) is 5.69 Å². The van der Waals surface area contributed by atoms with E-state index in [2.05, 4.69) is 16.4 Å². The summed E-state index contributed by atoms with van der Waals surface area (Å²) in [6.45, 7) is 1.43. The van der Waals surface area contributed by atoms with Gasteiger partial charge < -0.3 is 19.9 Å². The molecule has 7 nitrogen and oxygen atoms in total. The first-order valence-corrected chi connectivity index (χ1v) is 12.5. The van der Waals surface area contributed by atoms with Gasteiger partial charge >= 0.3 is 29.6 Å². The molecule has 1 fully saturated rings. The third-order valence-electron chi connectivity index (χ3n) is 5.32. The van der Waals surface area contributed by atoms with Crippen LogP contribution in [0.2, 0.25) is 0 Å². The van der Waals surface area contributed by atoms with Gasteiger partial charge in [0.05, 0.1) is 12.0 Å². The Bertz CT molecular complexity index is 1520. The van der Waals surface area contributed by atoms with Crippen LogP contribution in [0.25, 0.3) is 16.8 Å². The minimum absolute atomic E-state index is 0. The van der Waals surface area contributed by atoms with Gasteiger partial charge in [-0.15, -0.1) is 12.1 Å². The monoisotopic (exact) mass is 548 g/mol. The SMILES string of the molecule is CC(=O)O.COc1ccccc1COc1cc2ccccc2cc1/C=C1/SC(=Nc2cc[c-]cc2)NC1=O.[Na+]. The van der Waals surface area contributed by atoms with E-state index in [9.17, 15) is 4.79 Å². The average molecular weight is 549 g/mol. The van der Waals surface area contributed by atoms with Crippen LogP contribution in [-0.4, -0.2) is 29.3 Å². The first-order chi connectivity index (χ1) is 18.4. The number of hydrogen-bond acceptors (Lipinski definition) is 6. The molecule has 0 unspecified atom stereocenters. The normalized spacial score (nSPS) is 14.3. The van der Waals surface area contributed by atoms with Gasteiger partial charge in [0, 0.05) is 18.1 Å². The maximum atomic E-state index is 12.7. The molecule has 1 aliphatic heterocycles. The van der Waals surface area contributed by atoms with E-state index in [0.717, 1.165) is 40.3 Å². The van der Waals surface area contributed by atoms with Gasteiger partial charge in [-0.05, 0) is 52.5 Å². The van der Waals surface area contributed by atoms with E-state index in [1.54, 1.807) is 19.2 Å². The zero-order chi connectivity index (χ0) is 26.9. The zero-order valence-electron chi connectivity index (χ0n) is 21.8. The molecule has 0 aromatic heterocycles. The predicted octanol–water partition coefficient (Wildman–Crippen LogP) is 3.21. The Morgan fingerprint density at radius 2 is 1.67 bits per heavy atom. The van der Waals surface area contributed by atoms with Crippen LogP contribution >= 0.6 is 11.8 Å². The van der Waals surface area contributed by atoms with Crippen molar-refractivity contribution in [2.75, 3.05) is 7.11 Å². The van der Waals surface area contributed by atoms with Gasteiger partial charge in [0.15, 0.2) is 5.17 Å². The predicted molar refractivity (Wildman–Crippen MR) is 151 cm³/mol. The zero-order valence-corrected chi connectivity index (χ0v) is 24.6. The largest absolute Gasteiger partial charge is 1.00 e. The molecule has 4 aromatic carbocycles. The van der Waals surface area contributed by atoms with Gasteiger partial charge in [-0.3, -0.25) is 14.6 Å². The Kier molecular flexibility index (Phi) is 11.2. The van der Waals surface area contributed by atoms with E-state index in [1.165, 1.54) is 11.8 Å². The number of rotatable bonds is 6. The first-order valence-electron chi connectivity index (χ1n) is 11.7. The van der Waals surface area contributed by atoms with Crippen LogP contribution in [0.3, 0.4) is 0 Å². The number of aliphatic carboxylic acids is 1. The Hall–Kier alpha value is -3.56. The van der Waals surface area contributed by atoms with E-state index in [-0.39, 0.29) is 35.5 Å². The van der Waals surface area contributed by atoms with E-state index < -0.39 is 5.97 Å². The van der Waals surface area contributed by atoms with Crippen molar-refractivity contribution in [2.45, 2.75) is 13.5 Å². The Morgan fingerprint density at radius 3 is 2.36 bits per heavy atom. The van der Waals surface area contributed by atoms with Gasteiger partial charge in [0.25, 0.3) is 11.9 Å². The number of amides is 1. The fourth-order valence-electron chi connectivity index (χ4n) is 3.64. The molecule has 1 aliphatic rings. The molecule has 0 radical (unpaired) electrons. The molecular formula is C30H25N2NaO5S. The number of benzene rings is 4. The van der Waals surface area contributed by atoms with Gasteiger partial charge in [-0.1, -0.05) is 42.5 Å². The number of nitrogens with zero attached hydrogens (tertiary/aromatic N) is 1. The number of methoxy groups -OCH3 is 1. The van der Waals surface area contributed by atoms with Crippen molar-refractivity contribution in [3.63, 3.8) is 0 Å². The smallest absolute Gasteiger partial charge is 0.496 e. The number of aliphatic imine (C=N–C) groups is 1. The molecule has 0 aliphatic carbocycles. The van der Waals surface area contributed by atoms with Crippen molar-refractivity contribution in [3.8, 4) is 11.5 Å². The van der Waals surface area contributed by atoms with Gasteiger partial charge in [-0.25, -0.2) is 0 Å². The minimum atomic E-state index is -0.833. The number of carboxylic acid groups (broad SMARTS) is 1.